The second-order valence-electron chi connectivity index (χ2n) is 3.24. The molecule has 1 aromatic carbocycles. The molecule has 0 saturated carbocycles. The van der Waals surface area contributed by atoms with Crippen molar-refractivity contribution in [2.75, 3.05) is 0 Å². The maximum atomic E-state index is 9.49. The topological polar surface area (TPSA) is 48.9 Å². The number of aliphatic hydroxyl groups is 1. The van der Waals surface area contributed by atoms with E-state index in [9.17, 15) is 5.11 Å². The molecule has 2 N–H and O–H groups in total. The first kappa shape index (κ1) is 8.97. The van der Waals surface area contributed by atoms with Gasteiger partial charge in [-0.2, -0.15) is 5.10 Å². The van der Waals surface area contributed by atoms with Gasteiger partial charge >= 0.3 is 0 Å². The molecular weight excluding hydrogens is 176 g/mol. The van der Waals surface area contributed by atoms with Gasteiger partial charge in [0.2, 0.25) is 0 Å². The highest BCUT2D eigenvalue weighted by Crippen LogP contribution is 2.25. The lowest BCUT2D eigenvalue weighted by molar-refractivity contribution is 0.200. The van der Waals surface area contributed by atoms with Gasteiger partial charge in [-0.25, -0.2) is 0 Å². The van der Waals surface area contributed by atoms with Gasteiger partial charge in [-0.15, -0.1) is 0 Å². The van der Waals surface area contributed by atoms with E-state index in [4.69, 9.17) is 0 Å². The van der Waals surface area contributed by atoms with E-state index < -0.39 is 6.10 Å². The van der Waals surface area contributed by atoms with Gasteiger partial charge in [-0.1, -0.05) is 30.3 Å². The Labute approximate surface area is 82.4 Å². The van der Waals surface area contributed by atoms with Gasteiger partial charge in [-0.05, 0) is 12.5 Å². The number of rotatable bonds is 2. The van der Waals surface area contributed by atoms with E-state index >= 15 is 0 Å². The van der Waals surface area contributed by atoms with Gasteiger partial charge in [0.1, 0.15) is 0 Å². The minimum atomic E-state index is -0.496. The lowest BCUT2D eigenvalue weighted by Gasteiger charge is -2.04. The number of aromatic amines is 1. The summed E-state index contributed by atoms with van der Waals surface area (Å²) in [6.07, 6.45) is 1.16. The summed E-state index contributed by atoms with van der Waals surface area (Å²) in [6, 6.07) is 9.85. The van der Waals surface area contributed by atoms with Crippen LogP contribution in [-0.4, -0.2) is 15.3 Å². The smallest absolute Gasteiger partial charge is 0.0798 e. The number of nitrogens with one attached hydrogen (secondary N) is 1. The van der Waals surface area contributed by atoms with Crippen LogP contribution < -0.4 is 0 Å². The molecule has 1 aromatic heterocycles. The first-order chi connectivity index (χ1) is 6.79. The first-order valence-corrected chi connectivity index (χ1v) is 4.56. The Morgan fingerprint density at radius 3 is 2.64 bits per heavy atom. The number of benzene rings is 1. The Kier molecular flexibility index (Phi) is 2.33. The van der Waals surface area contributed by atoms with Crippen LogP contribution in [-0.2, 0) is 0 Å². The highest BCUT2D eigenvalue weighted by Gasteiger charge is 2.10. The number of hydrogen-bond donors (Lipinski definition) is 2. The normalized spacial score (nSPS) is 12.7. The van der Waals surface area contributed by atoms with Crippen LogP contribution in [0.25, 0.3) is 11.3 Å². The SMILES string of the molecule is C[C@@H](O)c1cn[nH]c1-c1ccccc1. The molecule has 0 amide bonds. The molecule has 72 valence electrons. The highest BCUT2D eigenvalue weighted by molar-refractivity contribution is 5.62. The summed E-state index contributed by atoms with van der Waals surface area (Å²) >= 11 is 0. The van der Waals surface area contributed by atoms with Crippen molar-refractivity contribution >= 4 is 0 Å². The number of nitrogens with zero attached hydrogens (tertiary/aromatic N) is 1. The van der Waals surface area contributed by atoms with Crippen LogP contribution in [0.3, 0.4) is 0 Å². The Bertz CT molecular complexity index is 406. The van der Waals surface area contributed by atoms with E-state index in [2.05, 4.69) is 10.2 Å². The maximum Gasteiger partial charge on any atom is 0.0798 e. The summed E-state index contributed by atoms with van der Waals surface area (Å²) in [7, 11) is 0. The minimum absolute atomic E-state index is 0.496. The second-order valence-corrected chi connectivity index (χ2v) is 3.24. The zero-order chi connectivity index (χ0) is 9.97. The number of H-pyrrole nitrogens is 1. The monoisotopic (exact) mass is 188 g/mol. The molecule has 14 heavy (non-hydrogen) atoms. The molecule has 0 saturated heterocycles. The summed E-state index contributed by atoms with van der Waals surface area (Å²) in [4.78, 5) is 0. The van der Waals surface area contributed by atoms with Crippen molar-refractivity contribution in [1.29, 1.82) is 0 Å². The number of aliphatic hydroxyl groups excluding tert-OH is 1. The van der Waals surface area contributed by atoms with Crippen molar-refractivity contribution < 1.29 is 5.11 Å². The summed E-state index contributed by atoms with van der Waals surface area (Å²) in [5.74, 6) is 0. The standard InChI is InChI=1S/C11H12N2O/c1-8(14)10-7-12-13-11(10)9-5-3-2-4-6-9/h2-8,14H,1H3,(H,12,13)/t8-/m1/s1. The third-order valence-corrected chi connectivity index (χ3v) is 2.18. The fourth-order valence-electron chi connectivity index (χ4n) is 1.45. The quantitative estimate of drug-likeness (QED) is 0.758. The predicted octanol–water partition coefficient (Wildman–Crippen LogP) is 2.13. The fourth-order valence-corrected chi connectivity index (χ4v) is 1.45. The lowest BCUT2D eigenvalue weighted by Crippen LogP contribution is -1.91. The summed E-state index contributed by atoms with van der Waals surface area (Å²) < 4.78 is 0. The fraction of sp³-hybridized carbons (Fsp3) is 0.182. The zero-order valence-electron chi connectivity index (χ0n) is 7.94. The molecule has 0 bridgehead atoms. The molecule has 0 radical (unpaired) electrons. The molecule has 3 nitrogen and oxygen atoms in total. The summed E-state index contributed by atoms with van der Waals surface area (Å²) in [5, 5.41) is 16.3. The third-order valence-electron chi connectivity index (χ3n) is 2.18. The van der Waals surface area contributed by atoms with Gasteiger partial charge in [-0.3, -0.25) is 5.10 Å². The Morgan fingerprint density at radius 1 is 1.29 bits per heavy atom. The molecule has 0 unspecified atom stereocenters. The first-order valence-electron chi connectivity index (χ1n) is 4.56. The molecule has 3 heteroatoms. The molecule has 0 aliphatic rings. The van der Waals surface area contributed by atoms with Gasteiger partial charge in [0.15, 0.2) is 0 Å². The van der Waals surface area contributed by atoms with Gasteiger partial charge in [0.25, 0.3) is 0 Å². The maximum absolute atomic E-state index is 9.49. The van der Waals surface area contributed by atoms with Crippen LogP contribution in [0.4, 0.5) is 0 Å². The molecule has 1 heterocycles. The minimum Gasteiger partial charge on any atom is -0.389 e. The van der Waals surface area contributed by atoms with Crippen LogP contribution in [0.2, 0.25) is 0 Å². The van der Waals surface area contributed by atoms with Crippen LogP contribution >= 0.6 is 0 Å². The average Bonchev–Trinajstić information content (AvgIpc) is 2.67. The van der Waals surface area contributed by atoms with Crippen molar-refractivity contribution in [3.63, 3.8) is 0 Å². The van der Waals surface area contributed by atoms with Crippen LogP contribution in [0.15, 0.2) is 36.5 Å². The van der Waals surface area contributed by atoms with E-state index in [0.717, 1.165) is 16.8 Å². The second kappa shape index (κ2) is 3.64. The van der Waals surface area contributed by atoms with E-state index in [1.807, 2.05) is 30.3 Å². The third kappa shape index (κ3) is 1.54. The summed E-state index contributed by atoms with van der Waals surface area (Å²) in [6.45, 7) is 1.73. The van der Waals surface area contributed by atoms with Crippen molar-refractivity contribution in [1.82, 2.24) is 10.2 Å². The molecule has 0 spiro atoms. The summed E-state index contributed by atoms with van der Waals surface area (Å²) in [5.41, 5.74) is 2.76. The molecular formula is C11H12N2O. The predicted molar refractivity (Wildman–Crippen MR) is 54.7 cm³/mol. The van der Waals surface area contributed by atoms with E-state index in [1.165, 1.54) is 0 Å². The molecule has 2 rings (SSSR count). The van der Waals surface area contributed by atoms with Gasteiger partial charge < -0.3 is 5.11 Å². The average molecular weight is 188 g/mol. The Hall–Kier alpha value is -1.61. The number of hydrogen-bond acceptors (Lipinski definition) is 2. The largest absolute Gasteiger partial charge is 0.389 e. The van der Waals surface area contributed by atoms with Gasteiger partial charge in [0.05, 0.1) is 18.0 Å². The van der Waals surface area contributed by atoms with Crippen molar-refractivity contribution in [3.05, 3.63) is 42.1 Å². The molecule has 0 fully saturated rings. The van der Waals surface area contributed by atoms with Crippen LogP contribution in [0.1, 0.15) is 18.6 Å². The Balaban J connectivity index is 2.47. The van der Waals surface area contributed by atoms with E-state index in [-0.39, 0.29) is 0 Å². The highest BCUT2D eigenvalue weighted by atomic mass is 16.3. The zero-order valence-corrected chi connectivity index (χ0v) is 7.94. The lowest BCUT2D eigenvalue weighted by atomic mass is 10.1. The molecule has 0 aliphatic carbocycles. The molecule has 1 atom stereocenters. The molecule has 0 aliphatic heterocycles. The van der Waals surface area contributed by atoms with Crippen molar-refractivity contribution in [3.8, 4) is 11.3 Å². The molecule has 2 aromatic rings. The van der Waals surface area contributed by atoms with Crippen LogP contribution in [0.5, 0.6) is 0 Å². The van der Waals surface area contributed by atoms with Crippen molar-refractivity contribution in [2.24, 2.45) is 0 Å². The van der Waals surface area contributed by atoms with Crippen LogP contribution in [0, 0.1) is 0 Å². The van der Waals surface area contributed by atoms with E-state index in [1.54, 1.807) is 13.1 Å². The van der Waals surface area contributed by atoms with Gasteiger partial charge in [0, 0.05) is 5.56 Å². The number of aromatic nitrogens is 2. The Morgan fingerprint density at radius 2 is 2.00 bits per heavy atom. The van der Waals surface area contributed by atoms with Crippen molar-refractivity contribution in [2.45, 2.75) is 13.0 Å². The van der Waals surface area contributed by atoms with E-state index in [0.29, 0.717) is 0 Å².